The number of benzene rings is 3. The number of carbonyl (C=O) groups excluding carboxylic acids is 2. The zero-order valence-corrected chi connectivity index (χ0v) is 29.9. The van der Waals surface area contributed by atoms with Gasteiger partial charge < -0.3 is 13.9 Å². The summed E-state index contributed by atoms with van der Waals surface area (Å²) in [5.41, 5.74) is 0.970. The fraction of sp³-hybridized carbons (Fsp3) is 0.450. The summed E-state index contributed by atoms with van der Waals surface area (Å²) in [7, 11) is -2.81. The third-order valence-corrected chi connectivity index (χ3v) is 14.3. The molecule has 47 heavy (non-hydrogen) atoms. The smallest absolute Gasteiger partial charge is 0.410 e. The van der Waals surface area contributed by atoms with Crippen molar-refractivity contribution < 1.29 is 23.5 Å². The molecule has 252 valence electrons. The van der Waals surface area contributed by atoms with Crippen LogP contribution in [0.15, 0.2) is 103 Å². The largest absolute Gasteiger partial charge is 0.463 e. The number of ether oxygens (including phenoxy) is 2. The quantitative estimate of drug-likeness (QED) is 0.0759. The molecule has 0 N–H and O–H groups in total. The fourth-order valence-electron chi connectivity index (χ4n) is 6.91. The number of unbranched alkanes of at least 4 members (excludes halogenated alkanes) is 3. The van der Waals surface area contributed by atoms with Gasteiger partial charge in [0.15, 0.2) is 0 Å². The highest BCUT2D eigenvalue weighted by atomic mass is 28.4. The summed E-state index contributed by atoms with van der Waals surface area (Å²) in [4.78, 5) is 27.5. The van der Waals surface area contributed by atoms with Crippen molar-refractivity contribution >= 4 is 30.8 Å². The van der Waals surface area contributed by atoms with E-state index in [2.05, 4.69) is 88.4 Å². The van der Waals surface area contributed by atoms with Crippen molar-refractivity contribution in [1.29, 1.82) is 0 Å². The van der Waals surface area contributed by atoms with Gasteiger partial charge in [0.1, 0.15) is 6.61 Å². The zero-order valence-electron chi connectivity index (χ0n) is 28.9. The lowest BCUT2D eigenvalue weighted by atomic mass is 9.91. The molecule has 1 aliphatic heterocycles. The molecule has 3 aromatic rings. The Morgan fingerprint density at radius 2 is 1.43 bits per heavy atom. The lowest BCUT2D eigenvalue weighted by Crippen LogP contribution is -2.70. The molecule has 7 heteroatoms. The average molecular weight is 656 g/mol. The molecule has 0 bridgehead atoms. The third kappa shape index (κ3) is 9.45. The summed E-state index contributed by atoms with van der Waals surface area (Å²) in [5, 5.41) is 2.32. The first kappa shape index (κ1) is 36.2. The van der Waals surface area contributed by atoms with E-state index in [0.29, 0.717) is 6.61 Å². The second kappa shape index (κ2) is 17.5. The number of piperidine rings is 1. The van der Waals surface area contributed by atoms with Crippen LogP contribution in [0.25, 0.3) is 0 Å². The summed E-state index contributed by atoms with van der Waals surface area (Å²) in [6.45, 7) is 11.5. The highest BCUT2D eigenvalue weighted by molar-refractivity contribution is 6.99. The molecule has 3 atom stereocenters. The first-order chi connectivity index (χ1) is 22.7. The Hall–Kier alpha value is -3.68. The van der Waals surface area contributed by atoms with Gasteiger partial charge in [-0.2, -0.15) is 0 Å². The molecule has 6 nitrogen and oxygen atoms in total. The highest BCUT2D eigenvalue weighted by Crippen LogP contribution is 2.40. The van der Waals surface area contributed by atoms with Crippen molar-refractivity contribution in [2.45, 2.75) is 109 Å². The van der Waals surface area contributed by atoms with Crippen molar-refractivity contribution in [3.05, 3.63) is 109 Å². The Kier molecular flexibility index (Phi) is 13.4. The third-order valence-electron chi connectivity index (χ3n) is 9.26. The number of hydrogen-bond acceptors (Lipinski definition) is 5. The first-order valence-corrected chi connectivity index (χ1v) is 19.2. The standard InChI is InChI=1S/C40H53NO5Si/c1-6-44-38(42)28-20-9-7-8-15-23-34-29-30-37(32(2)41(34)39(43)45-31-33-21-13-10-14-22-33)46-47(40(3,4)5,35-24-16-11-17-25-35)36-26-18-12-19-27-36/h10-14,16-22,24-28,32,34,37H,6-9,15,23,29-31H2,1-5H3/b28-20+/t32-,34+,37-/m0/s1. The van der Waals surface area contributed by atoms with Gasteiger partial charge in [-0.05, 0) is 66.9 Å². The number of allylic oxidation sites excluding steroid dienone is 1. The van der Waals surface area contributed by atoms with E-state index < -0.39 is 8.32 Å². The molecule has 1 saturated heterocycles. The summed E-state index contributed by atoms with van der Waals surface area (Å²) >= 11 is 0. The van der Waals surface area contributed by atoms with Gasteiger partial charge in [-0.25, -0.2) is 9.59 Å². The van der Waals surface area contributed by atoms with Crippen LogP contribution in [0.2, 0.25) is 5.04 Å². The topological polar surface area (TPSA) is 65.1 Å². The van der Waals surface area contributed by atoms with Crippen LogP contribution in [0.5, 0.6) is 0 Å². The van der Waals surface area contributed by atoms with E-state index in [-0.39, 0.29) is 41.9 Å². The predicted molar refractivity (Wildman–Crippen MR) is 192 cm³/mol. The molecule has 3 aromatic carbocycles. The van der Waals surface area contributed by atoms with Gasteiger partial charge in [-0.3, -0.25) is 4.90 Å². The maximum Gasteiger partial charge on any atom is 0.410 e. The van der Waals surface area contributed by atoms with Gasteiger partial charge in [0, 0.05) is 12.1 Å². The van der Waals surface area contributed by atoms with E-state index in [1.54, 1.807) is 0 Å². The number of carbonyl (C=O) groups is 2. The zero-order chi connectivity index (χ0) is 33.7. The van der Waals surface area contributed by atoms with Crippen molar-refractivity contribution in [2.24, 2.45) is 0 Å². The van der Waals surface area contributed by atoms with E-state index >= 15 is 0 Å². The minimum absolute atomic E-state index is 0.0716. The molecule has 0 saturated carbocycles. The number of amides is 1. The van der Waals surface area contributed by atoms with E-state index in [4.69, 9.17) is 13.9 Å². The Morgan fingerprint density at radius 3 is 2.00 bits per heavy atom. The van der Waals surface area contributed by atoms with Crippen LogP contribution in [-0.4, -0.2) is 50.1 Å². The Bertz CT molecular complexity index is 1370. The van der Waals surface area contributed by atoms with Crippen LogP contribution in [0, 0.1) is 0 Å². The molecular formula is C40H53NO5Si. The van der Waals surface area contributed by atoms with E-state index in [1.165, 1.54) is 16.4 Å². The van der Waals surface area contributed by atoms with Crippen LogP contribution in [0.4, 0.5) is 4.79 Å². The van der Waals surface area contributed by atoms with Gasteiger partial charge in [0.05, 0.1) is 18.8 Å². The van der Waals surface area contributed by atoms with Crippen molar-refractivity contribution in [2.75, 3.05) is 6.61 Å². The molecule has 0 spiro atoms. The molecule has 4 rings (SSSR count). The molecular weight excluding hydrogens is 603 g/mol. The van der Waals surface area contributed by atoms with Crippen LogP contribution in [-0.2, 0) is 25.3 Å². The molecule has 1 heterocycles. The predicted octanol–water partition coefficient (Wildman–Crippen LogP) is 8.19. The monoisotopic (exact) mass is 655 g/mol. The first-order valence-electron chi connectivity index (χ1n) is 17.3. The minimum Gasteiger partial charge on any atom is -0.463 e. The molecule has 1 aliphatic rings. The maximum atomic E-state index is 13.9. The summed E-state index contributed by atoms with van der Waals surface area (Å²) in [6, 6.07) is 31.2. The van der Waals surface area contributed by atoms with E-state index in [9.17, 15) is 9.59 Å². The number of likely N-dealkylation sites (tertiary alicyclic amines) is 1. The van der Waals surface area contributed by atoms with E-state index in [0.717, 1.165) is 50.5 Å². The van der Waals surface area contributed by atoms with Crippen LogP contribution >= 0.6 is 0 Å². The Labute approximate surface area is 283 Å². The SMILES string of the molecule is CCOC(=O)/C=C/CCCCC[C@@H]1CC[C@H](O[Si](c2ccccc2)(c2ccccc2)C(C)(C)C)[C@H](C)N1C(=O)OCc1ccccc1. The fourth-order valence-corrected chi connectivity index (χ4v) is 11.7. The summed E-state index contributed by atoms with van der Waals surface area (Å²) in [6.07, 6.45) is 9.45. The molecule has 0 radical (unpaired) electrons. The normalized spacial score (nSPS) is 18.7. The highest BCUT2D eigenvalue weighted by Gasteiger charge is 2.53. The maximum absolute atomic E-state index is 13.9. The van der Waals surface area contributed by atoms with Gasteiger partial charge in [0.2, 0.25) is 0 Å². The van der Waals surface area contributed by atoms with Gasteiger partial charge in [0.25, 0.3) is 8.32 Å². The van der Waals surface area contributed by atoms with Gasteiger partial charge in [-0.1, -0.05) is 131 Å². The molecule has 0 aliphatic carbocycles. The van der Waals surface area contributed by atoms with Gasteiger partial charge >= 0.3 is 12.1 Å². The number of rotatable bonds is 14. The number of esters is 1. The van der Waals surface area contributed by atoms with Crippen LogP contribution in [0.1, 0.15) is 85.1 Å². The molecule has 0 aromatic heterocycles. The second-order valence-electron chi connectivity index (χ2n) is 13.5. The van der Waals surface area contributed by atoms with Crippen molar-refractivity contribution in [1.82, 2.24) is 4.90 Å². The molecule has 0 unspecified atom stereocenters. The lowest BCUT2D eigenvalue weighted by molar-refractivity contribution is -0.137. The Balaban J connectivity index is 1.55. The average Bonchev–Trinajstić information content (AvgIpc) is 3.07. The lowest BCUT2D eigenvalue weighted by Gasteiger charge is -2.50. The summed E-state index contributed by atoms with van der Waals surface area (Å²) in [5.74, 6) is -0.289. The minimum atomic E-state index is -2.81. The van der Waals surface area contributed by atoms with E-state index in [1.807, 2.05) is 48.2 Å². The molecule has 1 amide bonds. The van der Waals surface area contributed by atoms with Crippen LogP contribution in [0.3, 0.4) is 0 Å². The number of nitrogens with zero attached hydrogens (tertiary/aromatic N) is 1. The summed E-state index contributed by atoms with van der Waals surface area (Å²) < 4.78 is 18.5. The second-order valence-corrected chi connectivity index (χ2v) is 17.8. The van der Waals surface area contributed by atoms with Crippen molar-refractivity contribution in [3.8, 4) is 0 Å². The van der Waals surface area contributed by atoms with Crippen LogP contribution < -0.4 is 10.4 Å². The number of hydrogen-bond donors (Lipinski definition) is 0. The molecule has 1 fully saturated rings. The Morgan fingerprint density at radius 1 is 0.830 bits per heavy atom. The van der Waals surface area contributed by atoms with Gasteiger partial charge in [-0.15, -0.1) is 0 Å². The van der Waals surface area contributed by atoms with Crippen molar-refractivity contribution in [3.63, 3.8) is 0 Å².